The Morgan fingerprint density at radius 2 is 1.47 bits per heavy atom. The van der Waals surface area contributed by atoms with Crippen LogP contribution in [0.4, 0.5) is 0 Å². The van der Waals surface area contributed by atoms with Gasteiger partial charge in [0, 0.05) is 11.6 Å². The van der Waals surface area contributed by atoms with E-state index in [9.17, 15) is 9.59 Å². The van der Waals surface area contributed by atoms with Crippen LogP contribution in [0, 0.1) is 0 Å². The largest absolute Gasteiger partial charge is 0.490 e. The van der Waals surface area contributed by atoms with Gasteiger partial charge in [-0.05, 0) is 55.0 Å². The fourth-order valence-corrected chi connectivity index (χ4v) is 2.69. The molecule has 30 heavy (non-hydrogen) atoms. The van der Waals surface area contributed by atoms with Gasteiger partial charge >= 0.3 is 11.9 Å². The summed E-state index contributed by atoms with van der Waals surface area (Å²) in [7, 11) is 0. The molecular weight excluding hydrogens is 380 g/mol. The summed E-state index contributed by atoms with van der Waals surface area (Å²) in [6.45, 7) is 9.40. The van der Waals surface area contributed by atoms with Gasteiger partial charge in [0.05, 0.1) is 6.61 Å². The lowest BCUT2D eigenvalue weighted by Gasteiger charge is -2.09. The third-order valence-electron chi connectivity index (χ3n) is 4.31. The fourth-order valence-electron chi connectivity index (χ4n) is 2.69. The van der Waals surface area contributed by atoms with Crippen molar-refractivity contribution in [2.24, 2.45) is 0 Å². The number of hydrogen-bond donors (Lipinski definition) is 0. The summed E-state index contributed by atoms with van der Waals surface area (Å²) in [5.74, 6) is -0.0540. The maximum Gasteiger partial charge on any atom is 0.333 e. The van der Waals surface area contributed by atoms with Crippen molar-refractivity contribution in [2.45, 2.75) is 26.2 Å². The molecule has 0 fully saturated rings. The van der Waals surface area contributed by atoms with E-state index in [0.29, 0.717) is 18.8 Å². The number of benzene rings is 2. The van der Waals surface area contributed by atoms with Gasteiger partial charge in [-0.3, -0.25) is 0 Å². The van der Waals surface area contributed by atoms with Gasteiger partial charge in [-0.1, -0.05) is 49.6 Å². The molecule has 0 unspecified atom stereocenters. The molecule has 5 nitrogen and oxygen atoms in total. The molecule has 2 aromatic rings. The molecule has 0 bridgehead atoms. The summed E-state index contributed by atoms with van der Waals surface area (Å²) in [6, 6.07) is 16.3. The topological polar surface area (TPSA) is 61.8 Å². The Balaban J connectivity index is 1.73. The summed E-state index contributed by atoms with van der Waals surface area (Å²) in [5, 5.41) is 0. The Morgan fingerprint density at radius 3 is 2.07 bits per heavy atom. The smallest absolute Gasteiger partial charge is 0.333 e. The van der Waals surface area contributed by atoms with Crippen LogP contribution in [0.2, 0.25) is 0 Å². The molecule has 0 heterocycles. The second-order valence-corrected chi connectivity index (χ2v) is 6.88. The molecule has 0 N–H and O–H groups in total. The van der Waals surface area contributed by atoms with Crippen LogP contribution in [0.15, 0.2) is 73.3 Å². The molecule has 158 valence electrons. The molecule has 2 aromatic carbocycles. The van der Waals surface area contributed by atoms with Gasteiger partial charge < -0.3 is 14.2 Å². The Labute approximate surface area is 178 Å². The van der Waals surface area contributed by atoms with E-state index in [4.69, 9.17) is 14.2 Å². The Hall–Kier alpha value is -3.34. The van der Waals surface area contributed by atoms with E-state index in [1.165, 1.54) is 22.8 Å². The summed E-state index contributed by atoms with van der Waals surface area (Å²) in [5.41, 5.74) is 3.99. The van der Waals surface area contributed by atoms with Gasteiger partial charge in [-0.2, -0.15) is 0 Å². The maximum atomic E-state index is 11.3. The van der Waals surface area contributed by atoms with Crippen LogP contribution in [-0.4, -0.2) is 31.8 Å². The highest BCUT2D eigenvalue weighted by Crippen LogP contribution is 2.16. The van der Waals surface area contributed by atoms with Crippen molar-refractivity contribution < 1.29 is 23.8 Å². The lowest BCUT2D eigenvalue weighted by molar-refractivity contribution is -0.140. The predicted molar refractivity (Wildman–Crippen MR) is 116 cm³/mol. The highest BCUT2D eigenvalue weighted by atomic mass is 16.6. The fraction of sp³-hybridized carbons (Fsp3) is 0.280. The summed E-state index contributed by atoms with van der Waals surface area (Å²) < 4.78 is 15.6. The number of ether oxygens (including phenoxy) is 3. The highest BCUT2D eigenvalue weighted by Gasteiger charge is 2.03. The number of rotatable bonds is 12. The molecular formula is C25H28O5. The quantitative estimate of drug-likeness (QED) is 0.295. The molecule has 0 aromatic heterocycles. The molecule has 0 radical (unpaired) electrons. The third-order valence-corrected chi connectivity index (χ3v) is 4.31. The van der Waals surface area contributed by atoms with Crippen molar-refractivity contribution in [3.63, 3.8) is 0 Å². The number of hydrogen-bond acceptors (Lipinski definition) is 5. The van der Waals surface area contributed by atoms with E-state index < -0.39 is 5.97 Å². The first-order valence-corrected chi connectivity index (χ1v) is 9.89. The van der Waals surface area contributed by atoms with Gasteiger partial charge in [0.25, 0.3) is 0 Å². The second kappa shape index (κ2) is 12.3. The number of aryl methyl sites for hydroxylation is 1. The van der Waals surface area contributed by atoms with Crippen LogP contribution in [0.1, 0.15) is 30.0 Å². The van der Waals surface area contributed by atoms with Crippen molar-refractivity contribution in [1.82, 2.24) is 0 Å². The molecule has 0 saturated carbocycles. The van der Waals surface area contributed by atoms with Crippen molar-refractivity contribution in [3.05, 3.63) is 90.0 Å². The van der Waals surface area contributed by atoms with Gasteiger partial charge in [-0.25, -0.2) is 9.59 Å². The summed E-state index contributed by atoms with van der Waals surface area (Å²) >= 11 is 0. The zero-order valence-electron chi connectivity index (χ0n) is 17.4. The molecule has 0 amide bonds. The lowest BCUT2D eigenvalue weighted by atomic mass is 10.0. The lowest BCUT2D eigenvalue weighted by Crippen LogP contribution is -2.12. The van der Waals surface area contributed by atoms with Crippen LogP contribution in [-0.2, 0) is 31.9 Å². The van der Waals surface area contributed by atoms with E-state index in [0.717, 1.165) is 25.0 Å². The summed E-state index contributed by atoms with van der Waals surface area (Å²) in [4.78, 5) is 22.3. The van der Waals surface area contributed by atoms with E-state index in [1.54, 1.807) is 6.92 Å². The molecule has 0 aliphatic rings. The molecule has 2 rings (SSSR count). The zero-order valence-corrected chi connectivity index (χ0v) is 17.4. The minimum Gasteiger partial charge on any atom is -0.490 e. The number of esters is 2. The minimum absolute atomic E-state index is 0.191. The van der Waals surface area contributed by atoms with Gasteiger partial charge in [0.15, 0.2) is 0 Å². The van der Waals surface area contributed by atoms with Crippen LogP contribution in [0.3, 0.4) is 0 Å². The first-order chi connectivity index (χ1) is 14.5. The van der Waals surface area contributed by atoms with Gasteiger partial charge in [0.1, 0.15) is 19.0 Å². The number of carbonyl (C=O) groups excluding carboxylic acids is 2. The zero-order chi connectivity index (χ0) is 21.8. The van der Waals surface area contributed by atoms with E-state index in [2.05, 4.69) is 37.4 Å². The molecule has 0 saturated heterocycles. The van der Waals surface area contributed by atoms with E-state index >= 15 is 0 Å². The Kier molecular flexibility index (Phi) is 9.38. The molecule has 0 aliphatic carbocycles. The molecule has 0 atom stereocenters. The average Bonchev–Trinajstić information content (AvgIpc) is 2.76. The van der Waals surface area contributed by atoms with Crippen molar-refractivity contribution in [3.8, 4) is 5.75 Å². The normalized spacial score (nSPS) is 10.2. The van der Waals surface area contributed by atoms with Crippen molar-refractivity contribution >= 4 is 11.9 Å². The monoisotopic (exact) mass is 408 g/mol. The molecule has 0 aliphatic heterocycles. The van der Waals surface area contributed by atoms with Gasteiger partial charge in [0.2, 0.25) is 0 Å². The summed E-state index contributed by atoms with van der Waals surface area (Å²) in [6.07, 6.45) is 3.65. The third kappa shape index (κ3) is 8.35. The Bertz CT molecular complexity index is 850. The van der Waals surface area contributed by atoms with Crippen LogP contribution >= 0.6 is 0 Å². The molecule has 5 heteroatoms. The predicted octanol–water partition coefficient (Wildman–Crippen LogP) is 4.44. The molecule has 0 spiro atoms. The SMILES string of the molecule is C=CC(=O)OCCCc1ccc(Cc2ccc(OCCOC(=O)C(=C)C)cc2)cc1. The van der Waals surface area contributed by atoms with Crippen LogP contribution in [0.25, 0.3) is 0 Å². The second-order valence-electron chi connectivity index (χ2n) is 6.88. The van der Waals surface area contributed by atoms with Crippen molar-refractivity contribution in [2.75, 3.05) is 19.8 Å². The van der Waals surface area contributed by atoms with E-state index in [1.807, 2.05) is 24.3 Å². The van der Waals surface area contributed by atoms with Crippen LogP contribution in [0.5, 0.6) is 5.75 Å². The van der Waals surface area contributed by atoms with Crippen molar-refractivity contribution in [1.29, 1.82) is 0 Å². The first kappa shape index (κ1) is 22.9. The average molecular weight is 408 g/mol. The van der Waals surface area contributed by atoms with E-state index in [-0.39, 0.29) is 12.6 Å². The Morgan fingerprint density at radius 1 is 0.867 bits per heavy atom. The minimum atomic E-state index is -0.406. The highest BCUT2D eigenvalue weighted by molar-refractivity contribution is 5.86. The first-order valence-electron chi connectivity index (χ1n) is 9.89. The standard InChI is InChI=1S/C25H28O5/c1-4-24(26)29-15-5-6-20-7-9-21(10-8-20)18-22-11-13-23(14-12-22)28-16-17-30-25(27)19(2)3/h4,7-14H,1-2,5-6,15-18H2,3H3. The van der Waals surface area contributed by atoms with Gasteiger partial charge in [-0.15, -0.1) is 0 Å². The van der Waals surface area contributed by atoms with Crippen LogP contribution < -0.4 is 4.74 Å². The maximum absolute atomic E-state index is 11.3. The number of carbonyl (C=O) groups is 2.